The Morgan fingerprint density at radius 1 is 0.938 bits per heavy atom. The molecule has 1 heterocycles. The molecule has 1 aromatic heterocycles. The number of halogens is 2. The highest BCUT2D eigenvalue weighted by atomic mass is 35.5. The van der Waals surface area contributed by atoms with Gasteiger partial charge in [-0.1, -0.05) is 35.9 Å². The Hall–Kier alpha value is -3.08. The number of ether oxygens (including phenoxy) is 1. The number of fused-ring (bicyclic) bond motifs is 1. The van der Waals surface area contributed by atoms with Gasteiger partial charge in [0, 0.05) is 34.8 Å². The first kappa shape index (κ1) is 23.6. The van der Waals surface area contributed by atoms with E-state index in [1.165, 1.54) is 5.56 Å². The molecule has 6 heteroatoms. The number of nitrogens with zero attached hydrogens (tertiary/aromatic N) is 1. The van der Waals surface area contributed by atoms with Gasteiger partial charge in [-0.2, -0.15) is 0 Å². The molecule has 0 fully saturated rings. The van der Waals surface area contributed by atoms with Crippen molar-refractivity contribution in [1.82, 2.24) is 5.32 Å². The molecule has 0 saturated carbocycles. The predicted octanol–water partition coefficient (Wildman–Crippen LogP) is 1.81. The molecule has 0 radical (unpaired) electrons. The second kappa shape index (κ2) is 11.0. The topological polar surface area (TPSA) is 42.2 Å². The molecular weight excluding hydrogens is 443 g/mol. The maximum atomic E-state index is 12.5. The summed E-state index contributed by atoms with van der Waals surface area (Å²) in [5, 5.41) is 5.82. The van der Waals surface area contributed by atoms with E-state index in [4.69, 9.17) is 16.3 Å². The second-order valence-corrected chi connectivity index (χ2v) is 7.88. The number of aromatic nitrogens is 1. The van der Waals surface area contributed by atoms with Gasteiger partial charge in [0.2, 0.25) is 0 Å². The number of nitrogens with one attached hydrogen (secondary N) is 1. The number of carbonyl (C=O) groups is 1. The van der Waals surface area contributed by atoms with Gasteiger partial charge in [0.1, 0.15) is 5.75 Å². The Kier molecular flexibility index (Phi) is 8.09. The van der Waals surface area contributed by atoms with E-state index >= 15 is 0 Å². The minimum absolute atomic E-state index is 0. The fourth-order valence-electron chi connectivity index (χ4n) is 3.52. The summed E-state index contributed by atoms with van der Waals surface area (Å²) < 4.78 is 7.36. The van der Waals surface area contributed by atoms with Gasteiger partial charge in [-0.15, -0.1) is 0 Å². The van der Waals surface area contributed by atoms with Crippen LogP contribution < -0.4 is 27.0 Å². The Balaban J connectivity index is 0.00000289. The zero-order valence-corrected chi connectivity index (χ0v) is 19.2. The second-order valence-electron chi connectivity index (χ2n) is 7.44. The van der Waals surface area contributed by atoms with Crippen LogP contribution in [0.3, 0.4) is 0 Å². The van der Waals surface area contributed by atoms with Crippen LogP contribution in [0.1, 0.15) is 21.5 Å². The SMILES string of the molecule is COc1ccc2cc(C(=O)NCCc3cc[n+](Cc4cccc(Cl)c4)cc3)ccc2c1.[Cl-]. The first-order valence-corrected chi connectivity index (χ1v) is 10.6. The van der Waals surface area contributed by atoms with Crippen LogP contribution in [0.25, 0.3) is 10.8 Å². The molecule has 0 atom stereocenters. The van der Waals surface area contributed by atoms with Gasteiger partial charge in [0.25, 0.3) is 5.91 Å². The Morgan fingerprint density at radius 2 is 1.69 bits per heavy atom. The Morgan fingerprint density at radius 3 is 2.44 bits per heavy atom. The Bertz CT molecular complexity index is 1210. The van der Waals surface area contributed by atoms with Crippen LogP contribution in [0.5, 0.6) is 5.75 Å². The van der Waals surface area contributed by atoms with Gasteiger partial charge in [-0.3, -0.25) is 4.79 Å². The maximum Gasteiger partial charge on any atom is 0.251 e. The molecule has 0 bridgehead atoms. The third-order valence-corrected chi connectivity index (χ3v) is 5.46. The molecule has 3 aromatic carbocycles. The highest BCUT2D eigenvalue weighted by molar-refractivity contribution is 6.30. The summed E-state index contributed by atoms with van der Waals surface area (Å²) in [4.78, 5) is 12.5. The van der Waals surface area contributed by atoms with Crippen molar-refractivity contribution in [2.24, 2.45) is 0 Å². The van der Waals surface area contributed by atoms with Crippen LogP contribution >= 0.6 is 11.6 Å². The van der Waals surface area contributed by atoms with E-state index < -0.39 is 0 Å². The normalized spacial score (nSPS) is 10.4. The largest absolute Gasteiger partial charge is 1.00 e. The van der Waals surface area contributed by atoms with E-state index in [1.54, 1.807) is 7.11 Å². The number of methoxy groups -OCH3 is 1. The summed E-state index contributed by atoms with van der Waals surface area (Å²) in [7, 11) is 1.65. The third-order valence-electron chi connectivity index (χ3n) is 5.22. The van der Waals surface area contributed by atoms with Crippen LogP contribution in [0.4, 0.5) is 0 Å². The molecule has 1 amide bonds. The molecule has 0 aliphatic heterocycles. The van der Waals surface area contributed by atoms with Gasteiger partial charge in [-0.05, 0) is 59.2 Å². The minimum Gasteiger partial charge on any atom is -1.00 e. The number of benzene rings is 3. The maximum absolute atomic E-state index is 12.5. The lowest BCUT2D eigenvalue weighted by molar-refractivity contribution is -0.688. The van der Waals surface area contributed by atoms with Crippen LogP contribution in [0, 0.1) is 0 Å². The summed E-state index contributed by atoms with van der Waals surface area (Å²) in [6.45, 7) is 1.35. The molecule has 164 valence electrons. The number of amides is 1. The fourth-order valence-corrected chi connectivity index (χ4v) is 3.73. The lowest BCUT2D eigenvalue weighted by Gasteiger charge is -2.07. The molecule has 0 saturated heterocycles. The molecular formula is C26H24Cl2N2O2. The number of hydrogen-bond donors (Lipinski definition) is 1. The first-order valence-electron chi connectivity index (χ1n) is 10.2. The standard InChI is InChI=1S/C26H23ClN2O2.ClH/c1-31-25-8-7-21-16-23(6-5-22(21)17-25)26(30)28-12-9-19-10-13-29(14-11-19)18-20-3-2-4-24(27)15-20;/h2-8,10-11,13-17H,9,12,18H2,1H3;1H. The fraction of sp³-hybridized carbons (Fsp3) is 0.154. The van der Waals surface area contributed by atoms with Gasteiger partial charge >= 0.3 is 0 Å². The van der Waals surface area contributed by atoms with Gasteiger partial charge in [0.15, 0.2) is 18.9 Å². The number of carbonyl (C=O) groups excluding carboxylic acids is 1. The van der Waals surface area contributed by atoms with E-state index in [2.05, 4.69) is 40.5 Å². The number of pyridine rings is 1. The summed E-state index contributed by atoms with van der Waals surface area (Å²) >= 11 is 6.06. The highest BCUT2D eigenvalue weighted by Crippen LogP contribution is 2.21. The average molecular weight is 467 g/mol. The number of hydrogen-bond acceptors (Lipinski definition) is 2. The molecule has 4 aromatic rings. The zero-order valence-electron chi connectivity index (χ0n) is 17.7. The molecule has 1 N–H and O–H groups in total. The van der Waals surface area contributed by atoms with Gasteiger partial charge < -0.3 is 22.5 Å². The summed E-state index contributed by atoms with van der Waals surface area (Å²) in [6, 6.07) is 23.6. The van der Waals surface area contributed by atoms with Crippen LogP contribution in [-0.4, -0.2) is 19.6 Å². The molecule has 32 heavy (non-hydrogen) atoms. The van der Waals surface area contributed by atoms with E-state index in [1.807, 2.05) is 54.6 Å². The van der Waals surface area contributed by atoms with E-state index in [-0.39, 0.29) is 18.3 Å². The molecule has 0 aliphatic carbocycles. The summed E-state index contributed by atoms with van der Waals surface area (Å²) in [5.41, 5.74) is 2.99. The van der Waals surface area contributed by atoms with Crippen molar-refractivity contribution in [3.63, 3.8) is 0 Å². The summed E-state index contributed by atoms with van der Waals surface area (Å²) in [5.74, 6) is 0.742. The van der Waals surface area contributed by atoms with Gasteiger partial charge in [0.05, 0.1) is 7.11 Å². The van der Waals surface area contributed by atoms with Crippen LogP contribution in [0.15, 0.2) is 85.2 Å². The third kappa shape index (κ3) is 6.00. The molecule has 4 rings (SSSR count). The van der Waals surface area contributed by atoms with E-state index in [0.717, 1.165) is 40.1 Å². The molecule has 0 aliphatic rings. The van der Waals surface area contributed by atoms with Crippen LogP contribution in [0.2, 0.25) is 5.02 Å². The van der Waals surface area contributed by atoms with E-state index in [0.29, 0.717) is 12.1 Å². The summed E-state index contributed by atoms with van der Waals surface area (Å²) in [6.07, 6.45) is 4.87. The quantitative estimate of drug-likeness (QED) is 0.422. The lowest BCUT2D eigenvalue weighted by Crippen LogP contribution is -3.00. The molecule has 0 spiro atoms. The molecule has 0 unspecified atom stereocenters. The lowest BCUT2D eigenvalue weighted by atomic mass is 10.1. The van der Waals surface area contributed by atoms with Crippen molar-refractivity contribution in [3.8, 4) is 5.75 Å². The van der Waals surface area contributed by atoms with Crippen molar-refractivity contribution < 1.29 is 26.5 Å². The minimum atomic E-state index is -0.0651. The van der Waals surface area contributed by atoms with Crippen molar-refractivity contribution in [2.45, 2.75) is 13.0 Å². The smallest absolute Gasteiger partial charge is 0.251 e. The van der Waals surface area contributed by atoms with Crippen molar-refractivity contribution in [3.05, 3.63) is 107 Å². The van der Waals surface area contributed by atoms with E-state index in [9.17, 15) is 4.79 Å². The van der Waals surface area contributed by atoms with Crippen molar-refractivity contribution in [1.29, 1.82) is 0 Å². The number of rotatable bonds is 7. The average Bonchev–Trinajstić information content (AvgIpc) is 2.79. The zero-order chi connectivity index (χ0) is 21.6. The molecule has 4 nitrogen and oxygen atoms in total. The highest BCUT2D eigenvalue weighted by Gasteiger charge is 2.08. The predicted molar refractivity (Wildman–Crippen MR) is 124 cm³/mol. The first-order chi connectivity index (χ1) is 15.1. The monoisotopic (exact) mass is 466 g/mol. The van der Waals surface area contributed by atoms with Crippen molar-refractivity contribution >= 4 is 28.3 Å². The van der Waals surface area contributed by atoms with Crippen LogP contribution in [-0.2, 0) is 13.0 Å². The Labute approximate surface area is 199 Å². The van der Waals surface area contributed by atoms with Crippen molar-refractivity contribution in [2.75, 3.05) is 13.7 Å². The van der Waals surface area contributed by atoms with Gasteiger partial charge in [-0.25, -0.2) is 4.57 Å².